The number of hydrogen-bond donors (Lipinski definition) is 1. The second-order valence-corrected chi connectivity index (χ2v) is 2.56. The van der Waals surface area contributed by atoms with E-state index in [2.05, 4.69) is 0 Å². The van der Waals surface area contributed by atoms with Crippen molar-refractivity contribution >= 4 is 11.0 Å². The van der Waals surface area contributed by atoms with Crippen LogP contribution in [0.2, 0.25) is 0 Å². The molecule has 1 aromatic carbocycles. The van der Waals surface area contributed by atoms with Crippen molar-refractivity contribution in [1.82, 2.24) is 0 Å². The molecule has 1 aromatic heterocycles. The highest BCUT2D eigenvalue weighted by molar-refractivity contribution is 5.80. The lowest BCUT2D eigenvalue weighted by atomic mass is 10.2. The van der Waals surface area contributed by atoms with Crippen molar-refractivity contribution in [3.8, 4) is 0 Å². The molecule has 2 nitrogen and oxygen atoms in total. The first-order valence-electron chi connectivity index (χ1n) is 3.58. The first-order valence-corrected chi connectivity index (χ1v) is 3.58. The monoisotopic (exact) mass is 166 g/mol. The fraction of sp³-hybridized carbons (Fsp3) is 0.111. The molecule has 1 N–H and O–H groups in total. The molecule has 0 atom stereocenters. The predicted octanol–water partition coefficient (Wildman–Crippen LogP) is 2.06. The van der Waals surface area contributed by atoms with E-state index in [0.29, 0.717) is 11.1 Å². The number of fused-ring (bicyclic) bond motifs is 1. The standard InChI is InChI=1S/C9H7FO2/c10-7-1-2-8-6(4-11)5-12-9(8)3-7/h1-3,5,11H,4H2. The van der Waals surface area contributed by atoms with Crippen LogP contribution in [0.4, 0.5) is 4.39 Å². The highest BCUT2D eigenvalue weighted by Crippen LogP contribution is 2.21. The van der Waals surface area contributed by atoms with E-state index >= 15 is 0 Å². The molecule has 0 unspecified atom stereocenters. The third-order valence-electron chi connectivity index (χ3n) is 1.79. The molecule has 12 heavy (non-hydrogen) atoms. The first-order chi connectivity index (χ1) is 5.81. The average molecular weight is 166 g/mol. The fourth-order valence-corrected chi connectivity index (χ4v) is 1.18. The van der Waals surface area contributed by atoms with E-state index in [1.165, 1.54) is 18.4 Å². The summed E-state index contributed by atoms with van der Waals surface area (Å²) in [5.41, 5.74) is 1.16. The number of benzene rings is 1. The van der Waals surface area contributed by atoms with E-state index in [-0.39, 0.29) is 12.4 Å². The zero-order valence-electron chi connectivity index (χ0n) is 6.25. The van der Waals surface area contributed by atoms with Crippen molar-refractivity contribution < 1.29 is 13.9 Å². The van der Waals surface area contributed by atoms with Crippen LogP contribution in [0.25, 0.3) is 11.0 Å². The molecule has 2 aromatic rings. The van der Waals surface area contributed by atoms with E-state index in [4.69, 9.17) is 9.52 Å². The average Bonchev–Trinajstić information content (AvgIpc) is 2.46. The molecule has 0 aliphatic carbocycles. The molecule has 0 saturated heterocycles. The van der Waals surface area contributed by atoms with E-state index < -0.39 is 0 Å². The van der Waals surface area contributed by atoms with Crippen molar-refractivity contribution in [2.45, 2.75) is 6.61 Å². The third kappa shape index (κ3) is 0.987. The fourth-order valence-electron chi connectivity index (χ4n) is 1.18. The summed E-state index contributed by atoms with van der Waals surface area (Å²) < 4.78 is 17.6. The van der Waals surface area contributed by atoms with Gasteiger partial charge in [0, 0.05) is 17.0 Å². The summed E-state index contributed by atoms with van der Waals surface area (Å²) in [5.74, 6) is -0.332. The van der Waals surface area contributed by atoms with E-state index in [9.17, 15) is 4.39 Å². The lowest BCUT2D eigenvalue weighted by Crippen LogP contribution is -1.78. The van der Waals surface area contributed by atoms with Crippen molar-refractivity contribution in [3.63, 3.8) is 0 Å². The van der Waals surface area contributed by atoms with Crippen LogP contribution < -0.4 is 0 Å². The van der Waals surface area contributed by atoms with Crippen molar-refractivity contribution in [2.24, 2.45) is 0 Å². The summed E-state index contributed by atoms with van der Waals surface area (Å²) in [7, 11) is 0. The van der Waals surface area contributed by atoms with E-state index in [1.807, 2.05) is 0 Å². The van der Waals surface area contributed by atoms with Gasteiger partial charge in [-0.2, -0.15) is 0 Å². The van der Waals surface area contributed by atoms with Crippen molar-refractivity contribution in [2.75, 3.05) is 0 Å². The quantitative estimate of drug-likeness (QED) is 0.703. The van der Waals surface area contributed by atoms with Crippen LogP contribution in [0, 0.1) is 5.82 Å². The molecule has 0 fully saturated rings. The van der Waals surface area contributed by atoms with Gasteiger partial charge in [0.2, 0.25) is 0 Å². The van der Waals surface area contributed by atoms with Gasteiger partial charge in [0.05, 0.1) is 12.9 Å². The molecule has 3 heteroatoms. The van der Waals surface area contributed by atoms with Crippen LogP contribution in [0.15, 0.2) is 28.9 Å². The summed E-state index contributed by atoms with van der Waals surface area (Å²) in [5, 5.41) is 9.60. The SMILES string of the molecule is OCc1coc2cc(F)ccc12. The second-order valence-electron chi connectivity index (χ2n) is 2.56. The molecule has 0 saturated carbocycles. The maximum Gasteiger partial charge on any atom is 0.137 e. The van der Waals surface area contributed by atoms with Gasteiger partial charge in [-0.15, -0.1) is 0 Å². The number of halogens is 1. The Morgan fingerprint density at radius 1 is 1.42 bits per heavy atom. The van der Waals surface area contributed by atoms with Gasteiger partial charge in [-0.3, -0.25) is 0 Å². The molecule has 1 heterocycles. The maximum atomic E-state index is 12.6. The molecule has 2 rings (SSSR count). The predicted molar refractivity (Wildman–Crippen MR) is 42.1 cm³/mol. The van der Waals surface area contributed by atoms with Crippen LogP contribution >= 0.6 is 0 Å². The van der Waals surface area contributed by atoms with Crippen LogP contribution in [-0.2, 0) is 6.61 Å². The molecular weight excluding hydrogens is 159 g/mol. The highest BCUT2D eigenvalue weighted by atomic mass is 19.1. The Kier molecular flexibility index (Phi) is 1.59. The Bertz CT molecular complexity index is 406. The van der Waals surface area contributed by atoms with Crippen molar-refractivity contribution in [1.29, 1.82) is 0 Å². The minimum atomic E-state index is -0.332. The Labute approximate surface area is 68.2 Å². The summed E-state index contributed by atoms with van der Waals surface area (Å²) in [6.07, 6.45) is 1.43. The van der Waals surface area contributed by atoms with Crippen LogP contribution in [0.5, 0.6) is 0 Å². The summed E-state index contributed by atoms with van der Waals surface area (Å²) in [6.45, 7) is -0.0847. The molecule has 62 valence electrons. The topological polar surface area (TPSA) is 33.4 Å². The zero-order valence-corrected chi connectivity index (χ0v) is 6.25. The molecule has 0 spiro atoms. The molecule has 0 aliphatic heterocycles. The van der Waals surface area contributed by atoms with Crippen LogP contribution in [0.3, 0.4) is 0 Å². The van der Waals surface area contributed by atoms with Gasteiger partial charge in [-0.1, -0.05) is 0 Å². The van der Waals surface area contributed by atoms with Gasteiger partial charge in [0.15, 0.2) is 0 Å². The third-order valence-corrected chi connectivity index (χ3v) is 1.79. The Hall–Kier alpha value is -1.35. The summed E-state index contributed by atoms with van der Waals surface area (Å²) in [6, 6.07) is 4.24. The number of hydrogen-bond acceptors (Lipinski definition) is 2. The lowest BCUT2D eigenvalue weighted by Gasteiger charge is -1.90. The van der Waals surface area contributed by atoms with Crippen LogP contribution in [-0.4, -0.2) is 5.11 Å². The molecule has 0 bridgehead atoms. The van der Waals surface area contributed by atoms with Gasteiger partial charge in [0.25, 0.3) is 0 Å². The van der Waals surface area contributed by atoms with Gasteiger partial charge < -0.3 is 9.52 Å². The van der Waals surface area contributed by atoms with Crippen molar-refractivity contribution in [3.05, 3.63) is 35.8 Å². The summed E-state index contributed by atoms with van der Waals surface area (Å²) in [4.78, 5) is 0. The first kappa shape index (κ1) is 7.31. The van der Waals surface area contributed by atoms with Gasteiger partial charge in [-0.05, 0) is 12.1 Å². The highest BCUT2D eigenvalue weighted by Gasteiger charge is 2.04. The minimum Gasteiger partial charge on any atom is -0.464 e. The number of rotatable bonds is 1. The van der Waals surface area contributed by atoms with Gasteiger partial charge >= 0.3 is 0 Å². The number of aliphatic hydroxyl groups is 1. The maximum absolute atomic E-state index is 12.6. The van der Waals surface area contributed by atoms with E-state index in [0.717, 1.165) is 5.39 Å². The number of furan rings is 1. The largest absolute Gasteiger partial charge is 0.464 e. The Morgan fingerprint density at radius 3 is 3.00 bits per heavy atom. The zero-order chi connectivity index (χ0) is 8.55. The molecular formula is C9H7FO2. The normalized spacial score (nSPS) is 10.8. The lowest BCUT2D eigenvalue weighted by molar-refractivity contribution is 0.281. The minimum absolute atomic E-state index is 0.0847. The van der Waals surface area contributed by atoms with E-state index in [1.54, 1.807) is 6.07 Å². The molecule has 0 radical (unpaired) electrons. The molecule has 0 aliphatic rings. The Balaban J connectivity index is 2.73. The Morgan fingerprint density at radius 2 is 2.25 bits per heavy atom. The smallest absolute Gasteiger partial charge is 0.137 e. The van der Waals surface area contributed by atoms with Gasteiger partial charge in [0.1, 0.15) is 11.4 Å². The second kappa shape index (κ2) is 2.60. The number of aliphatic hydroxyl groups excluding tert-OH is 1. The van der Waals surface area contributed by atoms with Gasteiger partial charge in [-0.25, -0.2) is 4.39 Å². The summed E-state index contributed by atoms with van der Waals surface area (Å²) >= 11 is 0. The van der Waals surface area contributed by atoms with Crippen LogP contribution in [0.1, 0.15) is 5.56 Å². The molecule has 0 amide bonds.